The van der Waals surface area contributed by atoms with Gasteiger partial charge in [-0.2, -0.15) is 0 Å². The van der Waals surface area contributed by atoms with Gasteiger partial charge in [-0.1, -0.05) is 51.7 Å². The fourth-order valence-corrected chi connectivity index (χ4v) is 2.32. The fraction of sp³-hybridized carbons (Fsp3) is 0.882. The first kappa shape index (κ1) is 17.7. The third-order valence-electron chi connectivity index (χ3n) is 3.47. The van der Waals surface area contributed by atoms with E-state index in [0.29, 0.717) is 5.54 Å². The molecule has 1 heteroatoms. The largest absolute Gasteiger partial charge is 0.312 e. The summed E-state index contributed by atoms with van der Waals surface area (Å²) < 4.78 is 0. The summed E-state index contributed by atoms with van der Waals surface area (Å²) in [5.74, 6) is 0. The van der Waals surface area contributed by atoms with Crippen LogP contribution in [-0.2, 0) is 0 Å². The summed E-state index contributed by atoms with van der Waals surface area (Å²) >= 11 is 0. The summed E-state index contributed by atoms with van der Waals surface area (Å²) in [5, 5.41) is 3.53. The molecule has 0 saturated heterocycles. The van der Waals surface area contributed by atoms with Crippen LogP contribution >= 0.6 is 0 Å². The van der Waals surface area contributed by atoms with E-state index in [0.717, 1.165) is 6.54 Å². The van der Waals surface area contributed by atoms with Crippen LogP contribution in [0.3, 0.4) is 0 Å². The van der Waals surface area contributed by atoms with E-state index in [1.807, 2.05) is 0 Å². The molecule has 1 nitrogen and oxygen atoms in total. The van der Waals surface area contributed by atoms with Gasteiger partial charge in [0, 0.05) is 5.54 Å². The molecule has 0 saturated carbocycles. The Hall–Kier alpha value is -0.300. The smallest absolute Gasteiger partial charge is 0.0125 e. The summed E-state index contributed by atoms with van der Waals surface area (Å²) in [5.41, 5.74) is 0.318. The Morgan fingerprint density at radius 2 is 1.44 bits per heavy atom. The van der Waals surface area contributed by atoms with Gasteiger partial charge in [-0.3, -0.25) is 0 Å². The first-order chi connectivity index (χ1) is 8.62. The highest BCUT2D eigenvalue weighted by atomic mass is 14.9. The second-order valence-corrected chi connectivity index (χ2v) is 5.98. The van der Waals surface area contributed by atoms with Crippen LogP contribution in [0.4, 0.5) is 0 Å². The maximum atomic E-state index is 3.53. The van der Waals surface area contributed by atoms with Crippen molar-refractivity contribution >= 4 is 0 Å². The molecular formula is C17H35N. The molecule has 0 aromatic carbocycles. The molecule has 0 unspecified atom stereocenters. The number of hydrogen-bond donors (Lipinski definition) is 1. The van der Waals surface area contributed by atoms with Crippen molar-refractivity contribution in [2.45, 2.75) is 91.0 Å². The van der Waals surface area contributed by atoms with E-state index < -0.39 is 0 Å². The molecular weight excluding hydrogens is 218 g/mol. The first-order valence-electron chi connectivity index (χ1n) is 8.02. The van der Waals surface area contributed by atoms with E-state index in [4.69, 9.17) is 0 Å². The highest BCUT2D eigenvalue weighted by Crippen LogP contribution is 2.14. The van der Waals surface area contributed by atoms with Crippen molar-refractivity contribution in [3.8, 4) is 0 Å². The topological polar surface area (TPSA) is 12.0 Å². The zero-order valence-electron chi connectivity index (χ0n) is 13.2. The Morgan fingerprint density at radius 1 is 0.833 bits per heavy atom. The van der Waals surface area contributed by atoms with E-state index in [1.165, 1.54) is 57.8 Å². The van der Waals surface area contributed by atoms with Crippen molar-refractivity contribution < 1.29 is 0 Å². The average molecular weight is 253 g/mol. The zero-order valence-corrected chi connectivity index (χ0v) is 13.2. The van der Waals surface area contributed by atoms with Gasteiger partial charge in [-0.05, 0) is 52.5 Å². The van der Waals surface area contributed by atoms with Crippen LogP contribution in [0, 0.1) is 0 Å². The number of unbranched alkanes of at least 4 members (excludes halogenated alkanes) is 6. The molecule has 0 amide bonds. The average Bonchev–Trinajstić information content (AvgIpc) is 2.31. The van der Waals surface area contributed by atoms with Crippen LogP contribution in [0.1, 0.15) is 85.5 Å². The molecule has 0 radical (unpaired) electrons. The molecule has 0 aliphatic carbocycles. The molecule has 0 heterocycles. The van der Waals surface area contributed by atoms with E-state index >= 15 is 0 Å². The fourth-order valence-electron chi connectivity index (χ4n) is 2.32. The van der Waals surface area contributed by atoms with Gasteiger partial charge in [-0.15, -0.1) is 0 Å². The van der Waals surface area contributed by atoms with Gasteiger partial charge in [0.05, 0.1) is 0 Å². The molecule has 1 N–H and O–H groups in total. The van der Waals surface area contributed by atoms with Gasteiger partial charge in [0.15, 0.2) is 0 Å². The molecule has 0 atom stereocenters. The van der Waals surface area contributed by atoms with Crippen LogP contribution in [0.5, 0.6) is 0 Å². The summed E-state index contributed by atoms with van der Waals surface area (Å²) in [7, 11) is 0. The van der Waals surface area contributed by atoms with Gasteiger partial charge >= 0.3 is 0 Å². The second-order valence-electron chi connectivity index (χ2n) is 5.98. The lowest BCUT2D eigenvalue weighted by molar-refractivity contribution is 0.358. The minimum atomic E-state index is 0.318. The molecule has 0 aromatic heterocycles. The van der Waals surface area contributed by atoms with Crippen molar-refractivity contribution in [2.24, 2.45) is 0 Å². The lowest BCUT2D eigenvalue weighted by Gasteiger charge is -2.25. The maximum Gasteiger partial charge on any atom is 0.0125 e. The highest BCUT2D eigenvalue weighted by Gasteiger charge is 2.14. The van der Waals surface area contributed by atoms with Crippen molar-refractivity contribution in [2.75, 3.05) is 6.54 Å². The quantitative estimate of drug-likeness (QED) is 0.359. The van der Waals surface area contributed by atoms with Gasteiger partial charge in [0.25, 0.3) is 0 Å². The number of nitrogens with one attached hydrogen (secondary N) is 1. The zero-order chi connectivity index (χ0) is 13.7. The molecule has 0 rings (SSSR count). The molecule has 0 bridgehead atoms. The van der Waals surface area contributed by atoms with Gasteiger partial charge in [0.1, 0.15) is 0 Å². The Labute approximate surface area is 115 Å². The lowest BCUT2D eigenvalue weighted by Crippen LogP contribution is -2.38. The SMILES string of the molecule is CCCCCC/C=C/CCCCC(C)(C)NCC. The Bertz CT molecular complexity index is 194. The predicted molar refractivity (Wildman–Crippen MR) is 84.1 cm³/mol. The maximum absolute atomic E-state index is 3.53. The Kier molecular flexibility index (Phi) is 11.6. The molecule has 0 fully saturated rings. The first-order valence-corrected chi connectivity index (χ1v) is 8.02. The summed E-state index contributed by atoms with van der Waals surface area (Å²) in [6.45, 7) is 10.1. The molecule has 108 valence electrons. The van der Waals surface area contributed by atoms with Gasteiger partial charge in [-0.25, -0.2) is 0 Å². The van der Waals surface area contributed by atoms with E-state index in [-0.39, 0.29) is 0 Å². The van der Waals surface area contributed by atoms with E-state index in [9.17, 15) is 0 Å². The third-order valence-corrected chi connectivity index (χ3v) is 3.47. The molecule has 0 spiro atoms. The van der Waals surface area contributed by atoms with Crippen LogP contribution in [0.25, 0.3) is 0 Å². The standard InChI is InChI=1S/C17H35N/c1-5-7-8-9-10-11-12-13-14-15-16-17(3,4)18-6-2/h11-12,18H,5-10,13-16H2,1-4H3/b12-11+. The summed E-state index contributed by atoms with van der Waals surface area (Å²) in [6, 6.07) is 0. The van der Waals surface area contributed by atoms with E-state index in [1.54, 1.807) is 0 Å². The highest BCUT2D eigenvalue weighted by molar-refractivity contribution is 4.82. The monoisotopic (exact) mass is 253 g/mol. The second kappa shape index (κ2) is 11.8. The van der Waals surface area contributed by atoms with Crippen molar-refractivity contribution in [1.82, 2.24) is 5.32 Å². The van der Waals surface area contributed by atoms with Gasteiger partial charge in [0.2, 0.25) is 0 Å². The summed E-state index contributed by atoms with van der Waals surface area (Å²) in [4.78, 5) is 0. The van der Waals surface area contributed by atoms with Crippen molar-refractivity contribution in [3.63, 3.8) is 0 Å². The molecule has 18 heavy (non-hydrogen) atoms. The van der Waals surface area contributed by atoms with Crippen LogP contribution in [0.2, 0.25) is 0 Å². The Balaban J connectivity index is 3.31. The minimum absolute atomic E-state index is 0.318. The number of rotatable bonds is 12. The number of allylic oxidation sites excluding steroid dienone is 2. The number of hydrogen-bond acceptors (Lipinski definition) is 1. The van der Waals surface area contributed by atoms with Crippen molar-refractivity contribution in [3.05, 3.63) is 12.2 Å². The van der Waals surface area contributed by atoms with Crippen molar-refractivity contribution in [1.29, 1.82) is 0 Å². The van der Waals surface area contributed by atoms with E-state index in [2.05, 4.69) is 45.2 Å². The lowest BCUT2D eigenvalue weighted by atomic mass is 9.96. The minimum Gasteiger partial charge on any atom is -0.312 e. The third kappa shape index (κ3) is 12.2. The Morgan fingerprint density at radius 3 is 2.00 bits per heavy atom. The normalized spacial score (nSPS) is 12.4. The summed E-state index contributed by atoms with van der Waals surface area (Å²) in [6.07, 6.45) is 16.8. The predicted octanol–water partition coefficient (Wildman–Crippen LogP) is 5.46. The van der Waals surface area contributed by atoms with Crippen LogP contribution in [-0.4, -0.2) is 12.1 Å². The molecule has 0 aliphatic rings. The molecule has 0 aromatic rings. The van der Waals surface area contributed by atoms with Crippen LogP contribution < -0.4 is 5.32 Å². The van der Waals surface area contributed by atoms with Gasteiger partial charge < -0.3 is 5.32 Å². The molecule has 0 aliphatic heterocycles. The van der Waals surface area contributed by atoms with Crippen LogP contribution in [0.15, 0.2) is 12.2 Å².